The summed E-state index contributed by atoms with van der Waals surface area (Å²) in [6, 6.07) is -0.274. The van der Waals surface area contributed by atoms with E-state index in [9.17, 15) is 9.59 Å². The maximum Gasteiger partial charge on any atom is 0.323 e. The van der Waals surface area contributed by atoms with Crippen LogP contribution < -0.4 is 0 Å². The lowest BCUT2D eigenvalue weighted by Gasteiger charge is -2.32. The minimum Gasteiger partial charge on any atom is -0.480 e. The highest BCUT2D eigenvalue weighted by molar-refractivity contribution is 5.80. The molecule has 0 aliphatic heterocycles. The first kappa shape index (κ1) is 15.7. The molecule has 5 nitrogen and oxygen atoms in total. The zero-order valence-corrected chi connectivity index (χ0v) is 11.4. The van der Waals surface area contributed by atoms with Gasteiger partial charge in [0.05, 0.1) is 0 Å². The van der Waals surface area contributed by atoms with Gasteiger partial charge in [-0.05, 0) is 19.3 Å². The highest BCUT2D eigenvalue weighted by Gasteiger charge is 2.24. The van der Waals surface area contributed by atoms with Gasteiger partial charge in [0, 0.05) is 19.6 Å². The van der Waals surface area contributed by atoms with Gasteiger partial charge in [-0.15, -0.1) is 0 Å². The van der Waals surface area contributed by atoms with Gasteiger partial charge in [0.15, 0.2) is 0 Å². The van der Waals surface area contributed by atoms with E-state index in [0.29, 0.717) is 12.5 Å². The Hall–Kier alpha value is -1.26. The zero-order chi connectivity index (χ0) is 13.6. The summed E-state index contributed by atoms with van der Waals surface area (Å²) in [5.41, 5.74) is 0. The molecule has 0 aliphatic carbocycles. The molecule has 0 rings (SSSR count). The van der Waals surface area contributed by atoms with Crippen molar-refractivity contribution in [2.75, 3.05) is 20.1 Å². The van der Waals surface area contributed by atoms with E-state index in [0.717, 1.165) is 6.42 Å². The molecule has 0 fully saturated rings. The van der Waals surface area contributed by atoms with Gasteiger partial charge in [-0.25, -0.2) is 4.79 Å². The monoisotopic (exact) mass is 244 g/mol. The molecule has 0 spiro atoms. The van der Waals surface area contributed by atoms with Crippen molar-refractivity contribution in [1.29, 1.82) is 0 Å². The molecule has 0 saturated heterocycles. The Morgan fingerprint density at radius 1 is 1.24 bits per heavy atom. The SMILES string of the molecule is CCC(C)N(CC(=O)O)C(=O)N(C)CC(C)C. The summed E-state index contributed by atoms with van der Waals surface area (Å²) in [5, 5.41) is 8.83. The summed E-state index contributed by atoms with van der Waals surface area (Å²) in [5.74, 6) is -0.607. The van der Waals surface area contributed by atoms with Crippen LogP contribution >= 0.6 is 0 Å². The molecule has 1 unspecified atom stereocenters. The molecule has 0 radical (unpaired) electrons. The van der Waals surface area contributed by atoms with E-state index in [4.69, 9.17) is 5.11 Å². The third kappa shape index (κ3) is 5.56. The molecule has 17 heavy (non-hydrogen) atoms. The number of carboxylic acid groups (broad SMARTS) is 1. The molecule has 0 aliphatic rings. The predicted molar refractivity (Wildman–Crippen MR) is 67.0 cm³/mol. The van der Waals surface area contributed by atoms with Gasteiger partial charge < -0.3 is 14.9 Å². The van der Waals surface area contributed by atoms with Gasteiger partial charge in [-0.3, -0.25) is 4.79 Å². The van der Waals surface area contributed by atoms with Gasteiger partial charge >= 0.3 is 12.0 Å². The fraction of sp³-hybridized carbons (Fsp3) is 0.833. The first-order valence-electron chi connectivity index (χ1n) is 6.03. The summed E-state index contributed by atoms with van der Waals surface area (Å²) in [6.45, 7) is 8.24. The van der Waals surface area contributed by atoms with Crippen molar-refractivity contribution >= 4 is 12.0 Å². The summed E-state index contributed by atoms with van der Waals surface area (Å²) >= 11 is 0. The van der Waals surface area contributed by atoms with Crippen LogP contribution in [0.2, 0.25) is 0 Å². The van der Waals surface area contributed by atoms with E-state index in [1.165, 1.54) is 4.90 Å². The maximum absolute atomic E-state index is 12.1. The number of nitrogens with zero attached hydrogens (tertiary/aromatic N) is 2. The molecule has 1 atom stereocenters. The van der Waals surface area contributed by atoms with E-state index >= 15 is 0 Å². The number of aliphatic carboxylic acids is 1. The van der Waals surface area contributed by atoms with Crippen molar-refractivity contribution in [3.05, 3.63) is 0 Å². The lowest BCUT2D eigenvalue weighted by molar-refractivity contribution is -0.138. The highest BCUT2D eigenvalue weighted by atomic mass is 16.4. The Labute approximate surface area is 103 Å². The van der Waals surface area contributed by atoms with Crippen LogP contribution in [0, 0.1) is 5.92 Å². The lowest BCUT2D eigenvalue weighted by Crippen LogP contribution is -2.48. The molecule has 0 aromatic rings. The van der Waals surface area contributed by atoms with Crippen molar-refractivity contribution in [2.24, 2.45) is 5.92 Å². The Balaban J connectivity index is 4.67. The third-order valence-corrected chi connectivity index (χ3v) is 2.64. The van der Waals surface area contributed by atoms with E-state index in [-0.39, 0.29) is 18.6 Å². The number of rotatable bonds is 6. The fourth-order valence-corrected chi connectivity index (χ4v) is 1.62. The molecule has 2 amide bonds. The largest absolute Gasteiger partial charge is 0.480 e. The number of carboxylic acids is 1. The molecule has 0 bridgehead atoms. The smallest absolute Gasteiger partial charge is 0.323 e. The third-order valence-electron chi connectivity index (χ3n) is 2.64. The summed E-state index contributed by atoms with van der Waals surface area (Å²) in [7, 11) is 1.71. The van der Waals surface area contributed by atoms with E-state index in [1.807, 2.05) is 27.7 Å². The molecule has 0 heterocycles. The Morgan fingerprint density at radius 2 is 1.76 bits per heavy atom. The van der Waals surface area contributed by atoms with Crippen LogP contribution in [-0.4, -0.2) is 53.1 Å². The average Bonchev–Trinajstić information content (AvgIpc) is 2.22. The molecule has 0 saturated carbocycles. The number of hydrogen-bond acceptors (Lipinski definition) is 2. The van der Waals surface area contributed by atoms with Crippen LogP contribution in [-0.2, 0) is 4.79 Å². The molecular weight excluding hydrogens is 220 g/mol. The second-order valence-electron chi connectivity index (χ2n) is 4.84. The standard InChI is InChI=1S/C12H24N2O3/c1-6-10(4)14(8-11(15)16)12(17)13(5)7-9(2)3/h9-10H,6-8H2,1-5H3,(H,15,16). The summed E-state index contributed by atoms with van der Waals surface area (Å²) in [6.07, 6.45) is 0.745. The van der Waals surface area contributed by atoms with Gasteiger partial charge in [0.25, 0.3) is 0 Å². The second kappa shape index (κ2) is 7.14. The topological polar surface area (TPSA) is 60.9 Å². The minimum atomic E-state index is -0.975. The Morgan fingerprint density at radius 3 is 2.12 bits per heavy atom. The predicted octanol–water partition coefficient (Wildman–Crippen LogP) is 1.88. The van der Waals surface area contributed by atoms with Crippen LogP contribution in [0.15, 0.2) is 0 Å². The number of amides is 2. The van der Waals surface area contributed by atoms with Crippen LogP contribution in [0.25, 0.3) is 0 Å². The van der Waals surface area contributed by atoms with Crippen molar-refractivity contribution in [1.82, 2.24) is 9.80 Å². The van der Waals surface area contributed by atoms with Gasteiger partial charge in [-0.2, -0.15) is 0 Å². The van der Waals surface area contributed by atoms with Crippen LogP contribution in [0.5, 0.6) is 0 Å². The van der Waals surface area contributed by atoms with E-state index in [2.05, 4.69) is 0 Å². The summed E-state index contributed by atoms with van der Waals surface area (Å²) < 4.78 is 0. The van der Waals surface area contributed by atoms with Crippen molar-refractivity contribution < 1.29 is 14.7 Å². The van der Waals surface area contributed by atoms with Gasteiger partial charge in [0.1, 0.15) is 6.54 Å². The number of carbonyl (C=O) groups is 2. The molecule has 1 N–H and O–H groups in total. The van der Waals surface area contributed by atoms with Crippen LogP contribution in [0.3, 0.4) is 0 Å². The molecule has 0 aromatic heterocycles. The Bertz CT molecular complexity index is 266. The quantitative estimate of drug-likeness (QED) is 0.776. The van der Waals surface area contributed by atoms with Crippen LogP contribution in [0.4, 0.5) is 4.79 Å². The molecule has 5 heteroatoms. The fourth-order valence-electron chi connectivity index (χ4n) is 1.62. The second-order valence-corrected chi connectivity index (χ2v) is 4.84. The zero-order valence-electron chi connectivity index (χ0n) is 11.4. The minimum absolute atomic E-state index is 0.0618. The van der Waals surface area contributed by atoms with Gasteiger partial charge in [-0.1, -0.05) is 20.8 Å². The van der Waals surface area contributed by atoms with Crippen molar-refractivity contribution in [3.8, 4) is 0 Å². The number of urea groups is 1. The first-order valence-corrected chi connectivity index (χ1v) is 6.03. The molecular formula is C12H24N2O3. The normalized spacial score (nSPS) is 12.4. The average molecular weight is 244 g/mol. The highest BCUT2D eigenvalue weighted by Crippen LogP contribution is 2.08. The number of hydrogen-bond donors (Lipinski definition) is 1. The molecule has 0 aromatic carbocycles. The van der Waals surface area contributed by atoms with Crippen molar-refractivity contribution in [2.45, 2.75) is 40.2 Å². The van der Waals surface area contributed by atoms with Crippen molar-refractivity contribution in [3.63, 3.8) is 0 Å². The molecule has 100 valence electrons. The van der Waals surface area contributed by atoms with E-state index in [1.54, 1.807) is 11.9 Å². The van der Waals surface area contributed by atoms with E-state index < -0.39 is 5.97 Å². The first-order chi connectivity index (χ1) is 7.79. The number of carbonyl (C=O) groups excluding carboxylic acids is 1. The lowest BCUT2D eigenvalue weighted by atomic mass is 10.2. The van der Waals surface area contributed by atoms with Crippen LogP contribution in [0.1, 0.15) is 34.1 Å². The van der Waals surface area contributed by atoms with Gasteiger partial charge in [0.2, 0.25) is 0 Å². The summed E-state index contributed by atoms with van der Waals surface area (Å²) in [4.78, 5) is 25.9. The Kier molecular flexibility index (Phi) is 6.61. The maximum atomic E-state index is 12.1.